The minimum Gasteiger partial charge on any atom is -0.455 e. The molecule has 0 N–H and O–H groups in total. The van der Waals surface area contributed by atoms with Gasteiger partial charge in [-0.3, -0.25) is 0 Å². The summed E-state index contributed by atoms with van der Waals surface area (Å²) in [6, 6.07) is 69.2. The molecule has 2 heterocycles. The highest BCUT2D eigenvalue weighted by atomic mass is 16.3. The van der Waals surface area contributed by atoms with Gasteiger partial charge in [0.25, 0.3) is 0 Å². The van der Waals surface area contributed by atoms with Gasteiger partial charge < -0.3 is 13.7 Å². The van der Waals surface area contributed by atoms with Crippen molar-refractivity contribution in [3.8, 4) is 44.8 Å². The largest absolute Gasteiger partial charge is 0.455 e. The summed E-state index contributed by atoms with van der Waals surface area (Å²) < 4.78 is 13.2. The Bertz CT molecular complexity index is 3410. The Morgan fingerprint density at radius 2 is 1.08 bits per heavy atom. The molecule has 0 unspecified atom stereocenters. The topological polar surface area (TPSA) is 42.4 Å². The Morgan fingerprint density at radius 1 is 0.450 bits per heavy atom. The fraction of sp³-hybridized carbons (Fsp3) is 0.0536. The van der Waals surface area contributed by atoms with E-state index in [1.165, 1.54) is 38.9 Å². The first kappa shape index (κ1) is 34.4. The highest BCUT2D eigenvalue weighted by molar-refractivity contribution is 6.22. The van der Waals surface area contributed by atoms with E-state index in [9.17, 15) is 0 Å². The van der Waals surface area contributed by atoms with Crippen LogP contribution in [0.4, 0.5) is 17.1 Å². The maximum Gasteiger partial charge on any atom is 0.227 e. The van der Waals surface area contributed by atoms with E-state index in [1.807, 2.05) is 30.3 Å². The summed E-state index contributed by atoms with van der Waals surface area (Å²) in [5.41, 5.74) is 17.1. The number of hydrogen-bond acceptors (Lipinski definition) is 4. The van der Waals surface area contributed by atoms with Gasteiger partial charge in [-0.05, 0) is 111 Å². The molecule has 60 heavy (non-hydrogen) atoms. The van der Waals surface area contributed by atoms with Crippen LogP contribution in [0.1, 0.15) is 25.0 Å². The summed E-state index contributed by atoms with van der Waals surface area (Å²) >= 11 is 0. The molecule has 0 radical (unpaired) electrons. The molecule has 0 amide bonds. The van der Waals surface area contributed by atoms with E-state index in [0.717, 1.165) is 72.0 Å². The molecule has 0 saturated heterocycles. The van der Waals surface area contributed by atoms with Crippen molar-refractivity contribution in [1.29, 1.82) is 0 Å². The smallest absolute Gasteiger partial charge is 0.227 e. The van der Waals surface area contributed by atoms with Crippen molar-refractivity contribution in [2.24, 2.45) is 0 Å². The molecule has 12 rings (SSSR count). The standard InChI is InChI=1S/C56H38N2O2/c1-56(2)47-17-9-8-16-44(47)45-30-29-42(34-48(45)56)58(41-27-24-38(25-28-41)37-22-20-36(21-23-37)35-12-4-3-5-13-35)50-33-39-14-6-7-15-43(39)54-53(50)46-32-40(26-31-51(46)59-54)55-57-49-18-10-11-19-52(49)60-55/h3-34H,1-2H3. The van der Waals surface area contributed by atoms with Crippen molar-refractivity contribution in [2.75, 3.05) is 4.90 Å². The van der Waals surface area contributed by atoms with Crippen molar-refractivity contribution >= 4 is 60.9 Å². The second-order valence-corrected chi connectivity index (χ2v) is 16.3. The Morgan fingerprint density at radius 3 is 1.88 bits per heavy atom. The highest BCUT2D eigenvalue weighted by Gasteiger charge is 2.36. The third-order valence-corrected chi connectivity index (χ3v) is 12.5. The molecule has 9 aromatic carbocycles. The zero-order valence-electron chi connectivity index (χ0n) is 33.2. The Hall–Kier alpha value is -7.69. The fourth-order valence-corrected chi connectivity index (χ4v) is 9.44. The van der Waals surface area contributed by atoms with Gasteiger partial charge in [-0.1, -0.05) is 147 Å². The van der Waals surface area contributed by atoms with E-state index >= 15 is 0 Å². The zero-order chi connectivity index (χ0) is 40.0. The van der Waals surface area contributed by atoms with Gasteiger partial charge in [0.05, 0.1) is 11.1 Å². The minimum atomic E-state index is -0.168. The lowest BCUT2D eigenvalue weighted by molar-refractivity contribution is 0.620. The molecule has 0 atom stereocenters. The summed E-state index contributed by atoms with van der Waals surface area (Å²) in [6.45, 7) is 4.68. The number of nitrogens with zero attached hydrogens (tertiary/aromatic N) is 2. The van der Waals surface area contributed by atoms with Gasteiger partial charge in [-0.2, -0.15) is 0 Å². The van der Waals surface area contributed by atoms with Crippen LogP contribution in [0.5, 0.6) is 0 Å². The molecule has 1 aliphatic carbocycles. The summed E-state index contributed by atoms with van der Waals surface area (Å²) in [7, 11) is 0. The number of anilines is 3. The summed E-state index contributed by atoms with van der Waals surface area (Å²) in [5, 5.41) is 4.20. The molecule has 2 aromatic heterocycles. The van der Waals surface area contributed by atoms with Gasteiger partial charge in [-0.25, -0.2) is 4.98 Å². The molecule has 4 nitrogen and oxygen atoms in total. The van der Waals surface area contributed by atoms with Crippen molar-refractivity contribution in [1.82, 2.24) is 4.98 Å². The Balaban J connectivity index is 1.07. The van der Waals surface area contributed by atoms with E-state index < -0.39 is 0 Å². The van der Waals surface area contributed by atoms with Crippen LogP contribution in [0.15, 0.2) is 203 Å². The summed E-state index contributed by atoms with van der Waals surface area (Å²) in [5.74, 6) is 0.583. The molecular formula is C56H38N2O2. The quantitative estimate of drug-likeness (QED) is 0.169. The summed E-state index contributed by atoms with van der Waals surface area (Å²) in [4.78, 5) is 7.28. The van der Waals surface area contributed by atoms with Crippen LogP contribution in [0.3, 0.4) is 0 Å². The first-order valence-electron chi connectivity index (χ1n) is 20.5. The van der Waals surface area contributed by atoms with E-state index in [4.69, 9.17) is 13.8 Å². The molecule has 0 aliphatic heterocycles. The lowest BCUT2D eigenvalue weighted by Crippen LogP contribution is -2.16. The second kappa shape index (κ2) is 13.2. The molecule has 0 fully saturated rings. The maximum absolute atomic E-state index is 6.87. The van der Waals surface area contributed by atoms with Crippen LogP contribution in [-0.4, -0.2) is 4.98 Å². The predicted molar refractivity (Wildman–Crippen MR) is 247 cm³/mol. The monoisotopic (exact) mass is 770 g/mol. The van der Waals surface area contributed by atoms with Crippen LogP contribution in [-0.2, 0) is 5.41 Å². The number of para-hydroxylation sites is 2. The van der Waals surface area contributed by atoms with Gasteiger partial charge in [-0.15, -0.1) is 0 Å². The van der Waals surface area contributed by atoms with Gasteiger partial charge in [0.15, 0.2) is 5.58 Å². The SMILES string of the molecule is CC1(C)c2ccccc2-c2ccc(N(c3ccc(-c4ccc(-c5ccccc5)cc4)cc3)c3cc4ccccc4c4oc5ccc(-c6nc7ccccc7o6)cc5c34)cc21. The van der Waals surface area contributed by atoms with Crippen LogP contribution in [0.25, 0.3) is 88.6 Å². The first-order valence-corrected chi connectivity index (χ1v) is 20.5. The van der Waals surface area contributed by atoms with Crippen molar-refractivity contribution < 1.29 is 8.83 Å². The zero-order valence-corrected chi connectivity index (χ0v) is 33.2. The molecular weight excluding hydrogens is 733 g/mol. The molecule has 4 heteroatoms. The normalized spacial score (nSPS) is 13.0. The number of hydrogen-bond donors (Lipinski definition) is 0. The molecule has 1 aliphatic rings. The summed E-state index contributed by atoms with van der Waals surface area (Å²) in [6.07, 6.45) is 0. The number of rotatable bonds is 6. The number of fused-ring (bicyclic) bond motifs is 9. The Kier molecular flexibility index (Phi) is 7.54. The van der Waals surface area contributed by atoms with Crippen molar-refractivity contribution in [3.05, 3.63) is 205 Å². The van der Waals surface area contributed by atoms with E-state index in [-0.39, 0.29) is 5.41 Å². The van der Waals surface area contributed by atoms with Gasteiger partial charge in [0.2, 0.25) is 5.89 Å². The molecule has 0 bridgehead atoms. The second-order valence-electron chi connectivity index (χ2n) is 16.3. The van der Waals surface area contributed by atoms with E-state index in [2.05, 4.69) is 183 Å². The van der Waals surface area contributed by atoms with Crippen LogP contribution in [0, 0.1) is 0 Å². The van der Waals surface area contributed by atoms with E-state index in [1.54, 1.807) is 0 Å². The van der Waals surface area contributed by atoms with Crippen molar-refractivity contribution in [2.45, 2.75) is 19.3 Å². The molecule has 11 aromatic rings. The molecule has 0 saturated carbocycles. The van der Waals surface area contributed by atoms with Crippen LogP contribution < -0.4 is 4.90 Å². The van der Waals surface area contributed by atoms with E-state index in [0.29, 0.717) is 5.89 Å². The minimum absolute atomic E-state index is 0.168. The van der Waals surface area contributed by atoms with Crippen LogP contribution in [0.2, 0.25) is 0 Å². The molecule has 0 spiro atoms. The highest BCUT2D eigenvalue weighted by Crippen LogP contribution is 2.52. The third kappa shape index (κ3) is 5.34. The number of oxazole rings is 1. The lowest BCUT2D eigenvalue weighted by Gasteiger charge is -2.29. The average molecular weight is 771 g/mol. The number of aromatic nitrogens is 1. The van der Waals surface area contributed by atoms with Gasteiger partial charge in [0.1, 0.15) is 16.7 Å². The first-order chi connectivity index (χ1) is 29.5. The van der Waals surface area contributed by atoms with Gasteiger partial charge >= 0.3 is 0 Å². The number of furan rings is 1. The lowest BCUT2D eigenvalue weighted by atomic mass is 9.82. The van der Waals surface area contributed by atoms with Crippen molar-refractivity contribution in [3.63, 3.8) is 0 Å². The number of benzene rings is 9. The van der Waals surface area contributed by atoms with Crippen LogP contribution >= 0.6 is 0 Å². The fourth-order valence-electron chi connectivity index (χ4n) is 9.44. The predicted octanol–water partition coefficient (Wildman–Crippen LogP) is 15.7. The van der Waals surface area contributed by atoms with Gasteiger partial charge in [0, 0.05) is 33.1 Å². The molecule has 284 valence electrons. The Labute approximate surface area is 347 Å². The third-order valence-electron chi connectivity index (χ3n) is 12.5. The average Bonchev–Trinajstić information content (AvgIpc) is 3.98. The maximum atomic E-state index is 6.87.